The number of hydrogen-bond donors (Lipinski definition) is 1. The number of nitrogens with zero attached hydrogens (tertiary/aromatic N) is 2. The Bertz CT molecular complexity index is 1170. The van der Waals surface area contributed by atoms with Crippen LogP contribution in [0.4, 0.5) is 5.69 Å². The molecule has 1 atom stereocenters. The van der Waals surface area contributed by atoms with E-state index in [0.29, 0.717) is 11.6 Å². The third-order valence-corrected chi connectivity index (χ3v) is 8.39. The van der Waals surface area contributed by atoms with Crippen molar-refractivity contribution in [1.29, 1.82) is 0 Å². The largest absolute Gasteiger partial charge is 0.352 e. The zero-order valence-corrected chi connectivity index (χ0v) is 23.6. The monoisotopic (exact) mass is 527 g/mol. The highest BCUT2D eigenvalue weighted by atomic mass is 32.2. The molecule has 0 aromatic heterocycles. The smallest absolute Gasteiger partial charge is 0.244 e. The summed E-state index contributed by atoms with van der Waals surface area (Å²) in [5, 5.41) is 3.12. The Morgan fingerprint density at radius 2 is 1.59 bits per heavy atom. The molecule has 1 N–H and O–H groups in total. The molecule has 7 nitrogen and oxygen atoms in total. The van der Waals surface area contributed by atoms with Crippen molar-refractivity contribution < 1.29 is 18.0 Å². The summed E-state index contributed by atoms with van der Waals surface area (Å²) in [6, 6.07) is 14.3. The van der Waals surface area contributed by atoms with Gasteiger partial charge in [-0.25, -0.2) is 8.42 Å². The second-order valence-corrected chi connectivity index (χ2v) is 12.4. The first-order chi connectivity index (χ1) is 17.5. The molecule has 0 saturated heterocycles. The molecule has 2 amide bonds. The second kappa shape index (κ2) is 12.6. The van der Waals surface area contributed by atoms with Gasteiger partial charge in [-0.1, -0.05) is 69.5 Å². The Morgan fingerprint density at radius 1 is 0.973 bits per heavy atom. The molecule has 0 radical (unpaired) electrons. The average molecular weight is 528 g/mol. The number of rotatable bonds is 10. The lowest BCUT2D eigenvalue weighted by molar-refractivity contribution is -0.139. The van der Waals surface area contributed by atoms with Crippen molar-refractivity contribution in [3.8, 4) is 0 Å². The van der Waals surface area contributed by atoms with Crippen molar-refractivity contribution in [1.82, 2.24) is 10.2 Å². The van der Waals surface area contributed by atoms with Gasteiger partial charge in [-0.3, -0.25) is 13.9 Å². The number of anilines is 1. The van der Waals surface area contributed by atoms with E-state index < -0.39 is 22.0 Å². The average Bonchev–Trinajstić information content (AvgIpc) is 2.86. The van der Waals surface area contributed by atoms with Crippen LogP contribution in [0.25, 0.3) is 0 Å². The molecule has 0 unspecified atom stereocenters. The molecule has 8 heteroatoms. The maximum atomic E-state index is 13.7. The zero-order chi connectivity index (χ0) is 27.2. The highest BCUT2D eigenvalue weighted by Gasteiger charge is 2.31. The minimum atomic E-state index is -3.74. The number of carbonyl (C=O) groups is 2. The molecule has 1 saturated carbocycles. The van der Waals surface area contributed by atoms with Gasteiger partial charge in [0.2, 0.25) is 21.8 Å². The Balaban J connectivity index is 1.87. The fraction of sp³-hybridized carbons (Fsp3) is 0.517. The van der Waals surface area contributed by atoms with Crippen LogP contribution in [0.15, 0.2) is 48.5 Å². The van der Waals surface area contributed by atoms with Gasteiger partial charge in [0.1, 0.15) is 12.6 Å². The van der Waals surface area contributed by atoms with Crippen molar-refractivity contribution in [2.45, 2.75) is 84.3 Å². The van der Waals surface area contributed by atoms with E-state index in [1.54, 1.807) is 19.1 Å². The summed E-state index contributed by atoms with van der Waals surface area (Å²) in [6.07, 6.45) is 6.34. The predicted molar refractivity (Wildman–Crippen MR) is 149 cm³/mol. The summed E-state index contributed by atoms with van der Waals surface area (Å²) in [4.78, 5) is 28.5. The van der Waals surface area contributed by atoms with Crippen LogP contribution < -0.4 is 9.62 Å². The van der Waals surface area contributed by atoms with E-state index >= 15 is 0 Å². The van der Waals surface area contributed by atoms with E-state index in [0.717, 1.165) is 52.9 Å². The van der Waals surface area contributed by atoms with Gasteiger partial charge >= 0.3 is 0 Å². The van der Waals surface area contributed by atoms with Crippen molar-refractivity contribution in [2.75, 3.05) is 17.1 Å². The standard InChI is InChI=1S/C29H41N3O4S/c1-21(2)24-15-17-27(18-16-24)32(37(5,35)36)20-28(33)31(19-25-12-10-9-11-22(25)3)23(4)29(34)30-26-13-7-6-8-14-26/h9-12,15-18,21,23,26H,6-8,13-14,19-20H2,1-5H3,(H,30,34)/t23-/m0/s1. The Hall–Kier alpha value is -2.87. The molecule has 1 aliphatic carbocycles. The SMILES string of the molecule is Cc1ccccc1CN(C(=O)CN(c1ccc(C(C)C)cc1)S(C)(=O)=O)[C@@H](C)C(=O)NC1CCCCC1. The number of nitrogens with one attached hydrogen (secondary N) is 1. The number of benzene rings is 2. The second-order valence-electron chi connectivity index (χ2n) is 10.5. The van der Waals surface area contributed by atoms with Gasteiger partial charge in [0, 0.05) is 12.6 Å². The predicted octanol–water partition coefficient (Wildman–Crippen LogP) is 4.75. The maximum absolute atomic E-state index is 13.7. The van der Waals surface area contributed by atoms with Crippen LogP contribution >= 0.6 is 0 Å². The van der Waals surface area contributed by atoms with E-state index in [1.807, 2.05) is 43.3 Å². The molecule has 2 aromatic rings. The fourth-order valence-electron chi connectivity index (χ4n) is 4.76. The molecule has 0 heterocycles. The Kier molecular flexibility index (Phi) is 9.76. The zero-order valence-electron chi connectivity index (χ0n) is 22.7. The molecular formula is C29H41N3O4S. The first kappa shape index (κ1) is 28.7. The molecule has 2 aromatic carbocycles. The van der Waals surface area contributed by atoms with Gasteiger partial charge < -0.3 is 10.2 Å². The molecule has 0 spiro atoms. The highest BCUT2D eigenvalue weighted by Crippen LogP contribution is 2.23. The molecule has 202 valence electrons. The number of sulfonamides is 1. The molecule has 0 aliphatic heterocycles. The van der Waals surface area contributed by atoms with Gasteiger partial charge in [0.15, 0.2) is 0 Å². The molecule has 1 fully saturated rings. The highest BCUT2D eigenvalue weighted by molar-refractivity contribution is 7.92. The van der Waals surface area contributed by atoms with E-state index in [2.05, 4.69) is 19.2 Å². The number of aryl methyl sites for hydroxylation is 1. The summed E-state index contributed by atoms with van der Waals surface area (Å²) < 4.78 is 26.6. The van der Waals surface area contributed by atoms with E-state index in [-0.39, 0.29) is 25.0 Å². The van der Waals surface area contributed by atoms with Crippen LogP contribution in [-0.4, -0.2) is 50.0 Å². The Labute approximate surface area is 222 Å². The van der Waals surface area contributed by atoms with Crippen molar-refractivity contribution in [3.05, 3.63) is 65.2 Å². The summed E-state index contributed by atoms with van der Waals surface area (Å²) in [5.41, 5.74) is 3.43. The third-order valence-electron chi connectivity index (χ3n) is 7.25. The molecule has 3 rings (SSSR count). The molecular weight excluding hydrogens is 486 g/mol. The van der Waals surface area contributed by atoms with Crippen LogP contribution in [0, 0.1) is 6.92 Å². The van der Waals surface area contributed by atoms with Crippen LogP contribution in [0.1, 0.15) is 75.5 Å². The van der Waals surface area contributed by atoms with Gasteiger partial charge in [-0.15, -0.1) is 0 Å². The van der Waals surface area contributed by atoms with E-state index in [9.17, 15) is 18.0 Å². The van der Waals surface area contributed by atoms with Crippen LogP contribution in [0.2, 0.25) is 0 Å². The van der Waals surface area contributed by atoms with Gasteiger partial charge in [-0.05, 0) is 61.4 Å². The van der Waals surface area contributed by atoms with E-state index in [1.165, 1.54) is 11.3 Å². The van der Waals surface area contributed by atoms with Crippen molar-refractivity contribution in [2.24, 2.45) is 0 Å². The normalized spacial score (nSPS) is 15.3. The Morgan fingerprint density at radius 3 is 2.16 bits per heavy atom. The fourth-order valence-corrected chi connectivity index (χ4v) is 5.61. The van der Waals surface area contributed by atoms with Crippen LogP contribution in [0.5, 0.6) is 0 Å². The minimum Gasteiger partial charge on any atom is -0.352 e. The lowest BCUT2D eigenvalue weighted by Crippen LogP contribution is -2.53. The molecule has 37 heavy (non-hydrogen) atoms. The summed E-state index contributed by atoms with van der Waals surface area (Å²) in [5.74, 6) is -0.329. The quantitative estimate of drug-likeness (QED) is 0.483. The first-order valence-electron chi connectivity index (χ1n) is 13.2. The van der Waals surface area contributed by atoms with Crippen LogP contribution in [0.3, 0.4) is 0 Å². The number of amides is 2. The number of carbonyl (C=O) groups excluding carboxylic acids is 2. The maximum Gasteiger partial charge on any atom is 0.244 e. The van der Waals surface area contributed by atoms with Gasteiger partial charge in [0.05, 0.1) is 11.9 Å². The third kappa shape index (κ3) is 7.81. The summed E-state index contributed by atoms with van der Waals surface area (Å²) in [7, 11) is -3.74. The number of hydrogen-bond acceptors (Lipinski definition) is 4. The summed E-state index contributed by atoms with van der Waals surface area (Å²) >= 11 is 0. The van der Waals surface area contributed by atoms with Crippen LogP contribution in [-0.2, 0) is 26.2 Å². The van der Waals surface area contributed by atoms with Gasteiger partial charge in [-0.2, -0.15) is 0 Å². The molecule has 1 aliphatic rings. The topological polar surface area (TPSA) is 86.8 Å². The van der Waals surface area contributed by atoms with Crippen molar-refractivity contribution in [3.63, 3.8) is 0 Å². The molecule has 0 bridgehead atoms. The lowest BCUT2D eigenvalue weighted by Gasteiger charge is -2.33. The van der Waals surface area contributed by atoms with Crippen molar-refractivity contribution >= 4 is 27.5 Å². The lowest BCUT2D eigenvalue weighted by atomic mass is 9.95. The summed E-state index contributed by atoms with van der Waals surface area (Å²) in [6.45, 7) is 7.65. The van der Waals surface area contributed by atoms with E-state index in [4.69, 9.17) is 0 Å². The van der Waals surface area contributed by atoms with Gasteiger partial charge in [0.25, 0.3) is 0 Å². The minimum absolute atomic E-state index is 0.117. The first-order valence-corrected chi connectivity index (χ1v) is 15.0.